The molecule has 0 heterocycles. The molecule has 0 saturated carbocycles. The Morgan fingerprint density at radius 1 is 0.750 bits per heavy atom. The second-order valence-corrected chi connectivity index (χ2v) is 7.19. The predicted molar refractivity (Wildman–Crippen MR) is 113 cm³/mol. The fourth-order valence-corrected chi connectivity index (χ4v) is 3.42. The second-order valence-electron chi connectivity index (χ2n) is 7.19. The smallest absolute Gasteiger partial charge is 0.0380 e. The third-order valence-corrected chi connectivity index (χ3v) is 5.35. The Hall–Kier alpha value is -0.0500. The molecule has 0 aromatic carbocycles. The maximum absolute atomic E-state index is 4.06. The molecule has 0 aromatic rings. The molecule has 148 valence electrons. The van der Waals surface area contributed by atoms with Gasteiger partial charge in [-0.25, -0.2) is 0 Å². The van der Waals surface area contributed by atoms with Crippen LogP contribution in [0.5, 0.6) is 0 Å². The number of hydrogen-bond acceptors (Lipinski definition) is 1. The highest BCUT2D eigenvalue weighted by Gasteiger charge is 2.25. The zero-order valence-electron chi connectivity index (χ0n) is 17.0. The lowest BCUT2D eigenvalue weighted by Crippen LogP contribution is -2.41. The Balaban J connectivity index is -0.00000220. The summed E-state index contributed by atoms with van der Waals surface area (Å²) in [6, 6.07) is 0. The molecule has 3 heteroatoms. The van der Waals surface area contributed by atoms with Gasteiger partial charge in [0.15, 0.2) is 0 Å². The minimum absolute atomic E-state index is 0. The number of nitrogens with zero attached hydrogens (tertiary/aromatic N) is 1. The van der Waals surface area contributed by atoms with Gasteiger partial charge >= 0.3 is 0 Å². The van der Waals surface area contributed by atoms with Gasteiger partial charge in [-0.15, -0.1) is 19.0 Å². The molecule has 1 atom stereocenters. The molecular formula is C21H46ClNO. The quantitative estimate of drug-likeness (QED) is 0.225. The molecule has 0 radical (unpaired) electrons. The van der Waals surface area contributed by atoms with Crippen molar-refractivity contribution in [2.24, 2.45) is 0 Å². The molecule has 2 N–H and O–H groups in total. The number of likely N-dealkylation sites (N-methyl/N-ethyl adjacent to an activating group) is 1. The van der Waals surface area contributed by atoms with Crippen molar-refractivity contribution < 1.29 is 5.48 Å². The van der Waals surface area contributed by atoms with Crippen LogP contribution in [-0.2, 0) is 0 Å². The Morgan fingerprint density at radius 3 is 1.42 bits per heavy atom. The molecule has 0 bridgehead atoms. The molecule has 0 aliphatic carbocycles. The summed E-state index contributed by atoms with van der Waals surface area (Å²) in [5, 5.41) is 0. The summed E-state index contributed by atoms with van der Waals surface area (Å²) in [5.41, 5.74) is 0.221. The summed E-state index contributed by atoms with van der Waals surface area (Å²) in [5.74, 6) is 0. The van der Waals surface area contributed by atoms with Gasteiger partial charge < -0.3 is 10.4 Å². The lowest BCUT2D eigenvalue weighted by Gasteiger charge is -2.36. The highest BCUT2D eigenvalue weighted by atomic mass is 35.5. The van der Waals surface area contributed by atoms with E-state index in [1.807, 2.05) is 0 Å². The third-order valence-electron chi connectivity index (χ3n) is 5.35. The number of hydrogen-bond donors (Lipinski definition) is 0. The average molecular weight is 364 g/mol. The van der Waals surface area contributed by atoms with Crippen LogP contribution in [0.2, 0.25) is 0 Å². The normalized spacial score (nSPS) is 13.0. The van der Waals surface area contributed by atoms with Crippen LogP contribution in [0.1, 0.15) is 104 Å². The Bertz CT molecular complexity index is 258. The van der Waals surface area contributed by atoms with Gasteiger partial charge in [0.25, 0.3) is 0 Å². The molecule has 24 heavy (non-hydrogen) atoms. The van der Waals surface area contributed by atoms with Crippen molar-refractivity contribution >= 4 is 12.4 Å². The zero-order valence-corrected chi connectivity index (χ0v) is 17.9. The molecule has 0 amide bonds. The summed E-state index contributed by atoms with van der Waals surface area (Å²) >= 11 is 0. The predicted octanol–water partition coefficient (Wildman–Crippen LogP) is 6.57. The first-order valence-corrected chi connectivity index (χ1v) is 9.94. The van der Waals surface area contributed by atoms with Crippen LogP contribution in [0.15, 0.2) is 12.7 Å². The third kappa shape index (κ3) is 13.3. The summed E-state index contributed by atoms with van der Waals surface area (Å²) in [4.78, 5) is 2.35. The van der Waals surface area contributed by atoms with Crippen LogP contribution in [0.4, 0.5) is 0 Å². The van der Waals surface area contributed by atoms with E-state index in [0.717, 1.165) is 0 Å². The fourth-order valence-electron chi connectivity index (χ4n) is 3.42. The number of unbranched alkanes of at least 4 members (excludes halogenated alkanes) is 11. The van der Waals surface area contributed by atoms with E-state index in [2.05, 4.69) is 45.5 Å². The Morgan fingerprint density at radius 2 is 1.12 bits per heavy atom. The van der Waals surface area contributed by atoms with Gasteiger partial charge in [-0.1, -0.05) is 97.0 Å². The first-order chi connectivity index (χ1) is 10.6. The van der Waals surface area contributed by atoms with E-state index in [9.17, 15) is 0 Å². The van der Waals surface area contributed by atoms with E-state index in [-0.39, 0.29) is 23.4 Å². The summed E-state index contributed by atoms with van der Waals surface area (Å²) in [7, 11) is 4.37. The largest absolute Gasteiger partial charge is 0.412 e. The summed E-state index contributed by atoms with van der Waals surface area (Å²) in [6.07, 6.45) is 21.7. The van der Waals surface area contributed by atoms with Crippen molar-refractivity contribution in [2.45, 2.75) is 109 Å². The van der Waals surface area contributed by atoms with E-state index in [4.69, 9.17) is 0 Å². The molecule has 0 aliphatic heterocycles. The van der Waals surface area contributed by atoms with Gasteiger partial charge in [0.1, 0.15) is 0 Å². The van der Waals surface area contributed by atoms with Crippen molar-refractivity contribution in [3.8, 4) is 0 Å². The maximum Gasteiger partial charge on any atom is 0.0380 e. The topological polar surface area (TPSA) is 34.7 Å². The molecule has 0 aliphatic rings. The second kappa shape index (κ2) is 19.3. The van der Waals surface area contributed by atoms with Gasteiger partial charge in [-0.05, 0) is 26.9 Å². The molecule has 0 saturated heterocycles. The van der Waals surface area contributed by atoms with Crippen molar-refractivity contribution in [2.75, 3.05) is 14.1 Å². The lowest BCUT2D eigenvalue weighted by molar-refractivity contribution is 0.182. The van der Waals surface area contributed by atoms with Crippen molar-refractivity contribution in [3.05, 3.63) is 12.7 Å². The van der Waals surface area contributed by atoms with E-state index >= 15 is 0 Å². The van der Waals surface area contributed by atoms with E-state index in [1.54, 1.807) is 0 Å². The molecule has 2 nitrogen and oxygen atoms in total. The minimum Gasteiger partial charge on any atom is -0.412 e. The average Bonchev–Trinajstić information content (AvgIpc) is 2.52. The van der Waals surface area contributed by atoms with E-state index in [1.165, 1.54) is 89.9 Å². The highest BCUT2D eigenvalue weighted by molar-refractivity contribution is 5.85. The van der Waals surface area contributed by atoms with Gasteiger partial charge in [0.2, 0.25) is 0 Å². The van der Waals surface area contributed by atoms with Gasteiger partial charge in [0.05, 0.1) is 0 Å². The zero-order chi connectivity index (χ0) is 16.7. The Labute approximate surface area is 159 Å². The molecular weight excluding hydrogens is 318 g/mol. The van der Waals surface area contributed by atoms with Crippen LogP contribution >= 0.6 is 12.4 Å². The van der Waals surface area contributed by atoms with Crippen LogP contribution in [0, 0.1) is 0 Å². The summed E-state index contributed by atoms with van der Waals surface area (Å²) < 4.78 is 0. The van der Waals surface area contributed by atoms with E-state index in [0.29, 0.717) is 0 Å². The molecule has 1 unspecified atom stereocenters. The van der Waals surface area contributed by atoms with Gasteiger partial charge in [-0.3, -0.25) is 0 Å². The van der Waals surface area contributed by atoms with Crippen molar-refractivity contribution in [1.82, 2.24) is 4.90 Å². The fraction of sp³-hybridized carbons (Fsp3) is 0.905. The van der Waals surface area contributed by atoms with Crippen LogP contribution in [0.3, 0.4) is 0 Å². The Kier molecular flexibility index (Phi) is 23.1. The van der Waals surface area contributed by atoms with Crippen molar-refractivity contribution in [3.63, 3.8) is 0 Å². The standard InChI is InChI=1S/C21H43N.ClH.H2O/c1-6-9-10-11-12-13-14-15-16-17-18-19-20-21(7-2,8-3)22(4)5;;/h7H,2,6,8-20H2,1,3-5H3;1H;1H2. The monoisotopic (exact) mass is 363 g/mol. The first-order valence-electron chi connectivity index (χ1n) is 9.94. The maximum atomic E-state index is 4.06. The van der Waals surface area contributed by atoms with Gasteiger partial charge in [-0.2, -0.15) is 0 Å². The van der Waals surface area contributed by atoms with Crippen LogP contribution in [0.25, 0.3) is 0 Å². The lowest BCUT2D eigenvalue weighted by atomic mass is 9.88. The SMILES string of the molecule is C=CC(CC)(CCCCCCCCCCCCCC)N(C)C.Cl.O. The number of halogens is 1. The van der Waals surface area contributed by atoms with Crippen LogP contribution < -0.4 is 0 Å². The van der Waals surface area contributed by atoms with E-state index < -0.39 is 0 Å². The molecule has 0 aromatic heterocycles. The molecule has 0 rings (SSSR count). The van der Waals surface area contributed by atoms with Gasteiger partial charge in [0, 0.05) is 5.54 Å². The number of rotatable bonds is 16. The minimum atomic E-state index is 0. The first kappa shape index (κ1) is 28.7. The molecule has 0 fully saturated rings. The van der Waals surface area contributed by atoms with Crippen molar-refractivity contribution in [1.29, 1.82) is 0 Å². The van der Waals surface area contributed by atoms with Crippen LogP contribution in [-0.4, -0.2) is 30.0 Å². The highest BCUT2D eigenvalue weighted by Crippen LogP contribution is 2.26. The molecule has 0 spiro atoms. The summed E-state index contributed by atoms with van der Waals surface area (Å²) in [6.45, 7) is 8.63.